The first kappa shape index (κ1) is 16.9. The highest BCUT2D eigenvalue weighted by Crippen LogP contribution is 2.05. The fourth-order valence-corrected chi connectivity index (χ4v) is 2.68. The first-order chi connectivity index (χ1) is 7.82. The maximum atomic E-state index is 11.5. The second kappa shape index (κ2) is 8.06. The molecule has 0 saturated heterocycles. The molecule has 0 aliphatic carbocycles. The molecule has 0 spiro atoms. The molecule has 17 heavy (non-hydrogen) atoms. The molecule has 0 radical (unpaired) electrons. The van der Waals surface area contributed by atoms with Gasteiger partial charge in [-0.3, -0.25) is 0 Å². The van der Waals surface area contributed by atoms with Gasteiger partial charge in [0.15, 0.2) is 9.84 Å². The van der Waals surface area contributed by atoms with E-state index in [2.05, 4.69) is 19.2 Å². The summed E-state index contributed by atoms with van der Waals surface area (Å²) in [6, 6.07) is 0.171. The Bertz CT molecular complexity index is 288. The molecule has 0 aliphatic rings. The molecule has 0 fully saturated rings. The van der Waals surface area contributed by atoms with Crippen LogP contribution >= 0.6 is 0 Å². The maximum absolute atomic E-state index is 11.5. The molecule has 0 aliphatic heterocycles. The molecule has 0 rings (SSSR count). The summed E-state index contributed by atoms with van der Waals surface area (Å²) >= 11 is 0. The molecular weight excluding hydrogens is 238 g/mol. The van der Waals surface area contributed by atoms with Crippen LogP contribution in [0.15, 0.2) is 0 Å². The number of rotatable bonds is 9. The highest BCUT2D eigenvalue weighted by atomic mass is 32.2. The minimum atomic E-state index is -2.91. The number of hydrogen-bond donors (Lipinski definition) is 1. The predicted molar refractivity (Wildman–Crippen MR) is 72.0 cm³/mol. The zero-order valence-corrected chi connectivity index (χ0v) is 12.5. The molecule has 2 atom stereocenters. The van der Waals surface area contributed by atoms with Crippen LogP contribution in [-0.2, 0) is 14.6 Å². The summed E-state index contributed by atoms with van der Waals surface area (Å²) in [6.07, 6.45) is 0. The van der Waals surface area contributed by atoms with Gasteiger partial charge in [0.1, 0.15) is 0 Å². The SMILES string of the molecule is CCOCC(NC(C)CS(=O)(=O)CC)C(C)C. The fraction of sp³-hybridized carbons (Fsp3) is 1.00. The van der Waals surface area contributed by atoms with Crippen LogP contribution in [0.5, 0.6) is 0 Å². The van der Waals surface area contributed by atoms with E-state index in [1.165, 1.54) is 0 Å². The minimum absolute atomic E-state index is 0.0344. The van der Waals surface area contributed by atoms with Crippen LogP contribution in [0.4, 0.5) is 0 Å². The van der Waals surface area contributed by atoms with Crippen LogP contribution in [-0.4, -0.2) is 45.2 Å². The molecule has 1 N–H and O–H groups in total. The highest BCUT2D eigenvalue weighted by molar-refractivity contribution is 7.91. The van der Waals surface area contributed by atoms with Crippen molar-refractivity contribution in [3.05, 3.63) is 0 Å². The zero-order valence-electron chi connectivity index (χ0n) is 11.7. The zero-order chi connectivity index (χ0) is 13.5. The van der Waals surface area contributed by atoms with Gasteiger partial charge in [-0.2, -0.15) is 0 Å². The Labute approximate surface area is 106 Å². The summed E-state index contributed by atoms with van der Waals surface area (Å²) in [5.74, 6) is 0.823. The van der Waals surface area contributed by atoms with E-state index in [1.54, 1.807) is 6.92 Å². The summed E-state index contributed by atoms with van der Waals surface area (Å²) in [5, 5.41) is 3.34. The molecule has 0 aromatic carbocycles. The topological polar surface area (TPSA) is 55.4 Å². The van der Waals surface area contributed by atoms with Crippen LogP contribution < -0.4 is 5.32 Å². The first-order valence-electron chi connectivity index (χ1n) is 6.36. The number of nitrogens with one attached hydrogen (secondary N) is 1. The molecule has 2 unspecified atom stereocenters. The molecule has 0 bridgehead atoms. The second-order valence-corrected chi connectivity index (χ2v) is 7.17. The summed E-state index contributed by atoms with van der Waals surface area (Å²) in [4.78, 5) is 0. The summed E-state index contributed by atoms with van der Waals surface area (Å²) in [6.45, 7) is 11.1. The van der Waals surface area contributed by atoms with Gasteiger partial charge in [-0.05, 0) is 19.8 Å². The van der Waals surface area contributed by atoms with Crippen molar-refractivity contribution in [3.63, 3.8) is 0 Å². The van der Waals surface area contributed by atoms with Gasteiger partial charge in [-0.25, -0.2) is 8.42 Å². The molecule has 0 aromatic rings. The lowest BCUT2D eigenvalue weighted by Gasteiger charge is -2.26. The minimum Gasteiger partial charge on any atom is -0.380 e. The van der Waals surface area contributed by atoms with Crippen molar-refractivity contribution in [2.45, 2.75) is 46.7 Å². The van der Waals surface area contributed by atoms with E-state index in [0.29, 0.717) is 19.1 Å². The average Bonchev–Trinajstić information content (AvgIpc) is 2.23. The normalized spacial score (nSPS) is 16.1. The second-order valence-electron chi connectivity index (χ2n) is 4.78. The van der Waals surface area contributed by atoms with Crippen molar-refractivity contribution in [2.24, 2.45) is 5.92 Å². The molecule has 4 nitrogen and oxygen atoms in total. The van der Waals surface area contributed by atoms with Crippen LogP contribution in [0, 0.1) is 5.92 Å². The Morgan fingerprint density at radius 3 is 2.18 bits per heavy atom. The molecular formula is C12H27NO3S. The van der Waals surface area contributed by atoms with Gasteiger partial charge in [0.25, 0.3) is 0 Å². The van der Waals surface area contributed by atoms with Crippen LogP contribution in [0.25, 0.3) is 0 Å². The lowest BCUT2D eigenvalue weighted by Crippen LogP contribution is -2.45. The molecule has 0 aromatic heterocycles. The Balaban J connectivity index is 4.25. The van der Waals surface area contributed by atoms with E-state index in [4.69, 9.17) is 4.74 Å². The van der Waals surface area contributed by atoms with Gasteiger partial charge in [-0.15, -0.1) is 0 Å². The van der Waals surface area contributed by atoms with Crippen LogP contribution in [0.3, 0.4) is 0 Å². The Hall–Kier alpha value is -0.130. The smallest absolute Gasteiger partial charge is 0.151 e. The fourth-order valence-electron chi connectivity index (χ4n) is 1.59. The van der Waals surface area contributed by atoms with E-state index in [-0.39, 0.29) is 23.6 Å². The first-order valence-corrected chi connectivity index (χ1v) is 8.18. The van der Waals surface area contributed by atoms with Crippen LogP contribution in [0.1, 0.15) is 34.6 Å². The predicted octanol–water partition coefficient (Wildman–Crippen LogP) is 1.46. The molecule has 0 saturated carbocycles. The number of sulfone groups is 1. The van der Waals surface area contributed by atoms with Crippen molar-refractivity contribution in [1.82, 2.24) is 5.32 Å². The third kappa shape index (κ3) is 7.73. The molecule has 0 amide bonds. The van der Waals surface area contributed by atoms with Gasteiger partial charge in [0.05, 0.1) is 12.4 Å². The van der Waals surface area contributed by atoms with E-state index in [9.17, 15) is 8.42 Å². The summed E-state index contributed by atoms with van der Waals surface area (Å²) in [7, 11) is -2.91. The van der Waals surface area contributed by atoms with Crippen molar-refractivity contribution < 1.29 is 13.2 Å². The lowest BCUT2D eigenvalue weighted by molar-refractivity contribution is 0.105. The quantitative estimate of drug-likeness (QED) is 0.686. The van der Waals surface area contributed by atoms with Crippen molar-refractivity contribution in [3.8, 4) is 0 Å². The van der Waals surface area contributed by atoms with E-state index in [0.717, 1.165) is 0 Å². The largest absolute Gasteiger partial charge is 0.380 e. The third-order valence-corrected chi connectivity index (χ3v) is 4.64. The molecule has 5 heteroatoms. The average molecular weight is 265 g/mol. The summed E-state index contributed by atoms with van der Waals surface area (Å²) in [5.41, 5.74) is 0. The Morgan fingerprint density at radius 1 is 1.18 bits per heavy atom. The summed E-state index contributed by atoms with van der Waals surface area (Å²) < 4.78 is 28.4. The monoisotopic (exact) mass is 265 g/mol. The molecule has 104 valence electrons. The van der Waals surface area contributed by atoms with E-state index in [1.807, 2.05) is 13.8 Å². The number of hydrogen-bond acceptors (Lipinski definition) is 4. The number of ether oxygens (including phenoxy) is 1. The van der Waals surface area contributed by atoms with Gasteiger partial charge < -0.3 is 10.1 Å². The van der Waals surface area contributed by atoms with Crippen molar-refractivity contribution >= 4 is 9.84 Å². The standard InChI is InChI=1S/C12H27NO3S/c1-6-16-8-12(10(3)4)13-11(5)9-17(14,15)7-2/h10-13H,6-9H2,1-5H3. The van der Waals surface area contributed by atoms with E-state index >= 15 is 0 Å². The van der Waals surface area contributed by atoms with Gasteiger partial charge in [0, 0.05) is 24.4 Å². The van der Waals surface area contributed by atoms with Gasteiger partial charge in [0.2, 0.25) is 0 Å². The lowest BCUT2D eigenvalue weighted by atomic mass is 10.0. The Morgan fingerprint density at radius 2 is 1.76 bits per heavy atom. The van der Waals surface area contributed by atoms with Gasteiger partial charge >= 0.3 is 0 Å². The molecule has 0 heterocycles. The van der Waals surface area contributed by atoms with Crippen molar-refractivity contribution in [2.75, 3.05) is 24.7 Å². The third-order valence-electron chi connectivity index (χ3n) is 2.75. The Kier molecular flexibility index (Phi) is 8.00. The highest BCUT2D eigenvalue weighted by Gasteiger charge is 2.19. The van der Waals surface area contributed by atoms with Crippen molar-refractivity contribution in [1.29, 1.82) is 0 Å². The van der Waals surface area contributed by atoms with Gasteiger partial charge in [-0.1, -0.05) is 20.8 Å². The maximum Gasteiger partial charge on any atom is 0.151 e. The van der Waals surface area contributed by atoms with E-state index < -0.39 is 9.84 Å². The van der Waals surface area contributed by atoms with Crippen LogP contribution in [0.2, 0.25) is 0 Å².